The van der Waals surface area contributed by atoms with E-state index >= 15 is 0 Å². The summed E-state index contributed by atoms with van der Waals surface area (Å²) < 4.78 is 12.3. The van der Waals surface area contributed by atoms with E-state index in [0.717, 1.165) is 20.8 Å². The molecule has 0 fully saturated rings. The number of fused-ring (bicyclic) bond motifs is 1. The number of benzene rings is 3. The van der Waals surface area contributed by atoms with Crippen LogP contribution < -0.4 is 14.8 Å². The van der Waals surface area contributed by atoms with Crippen molar-refractivity contribution in [3.05, 3.63) is 72.3 Å². The molecule has 3 aromatic carbocycles. The van der Waals surface area contributed by atoms with Crippen LogP contribution in [0.25, 0.3) is 20.8 Å². The number of thiazole rings is 1. The summed E-state index contributed by atoms with van der Waals surface area (Å²) in [7, 11) is 0. The number of rotatable bonds is 7. The van der Waals surface area contributed by atoms with Gasteiger partial charge in [-0.25, -0.2) is 4.98 Å². The number of nitrogens with one attached hydrogen (secondary N) is 1. The minimum atomic E-state index is -0.230. The Hall–Kier alpha value is -3.38. The van der Waals surface area contributed by atoms with Crippen molar-refractivity contribution in [3.8, 4) is 22.1 Å². The van der Waals surface area contributed by atoms with Crippen molar-refractivity contribution in [2.24, 2.45) is 0 Å². The molecule has 1 aromatic heterocycles. The number of hydrogen-bond acceptors (Lipinski definition) is 5. The van der Waals surface area contributed by atoms with Crippen LogP contribution in [-0.4, -0.2) is 24.1 Å². The average molecular weight is 419 g/mol. The summed E-state index contributed by atoms with van der Waals surface area (Å²) in [5, 5.41) is 3.89. The number of ether oxygens (including phenoxy) is 2. The molecule has 0 aliphatic rings. The Morgan fingerprint density at radius 3 is 2.30 bits per heavy atom. The predicted molar refractivity (Wildman–Crippen MR) is 122 cm³/mol. The van der Waals surface area contributed by atoms with E-state index in [9.17, 15) is 4.79 Å². The van der Waals surface area contributed by atoms with E-state index in [-0.39, 0.29) is 5.91 Å². The maximum atomic E-state index is 13.0. The summed E-state index contributed by atoms with van der Waals surface area (Å²) in [6.45, 7) is 4.83. The zero-order valence-electron chi connectivity index (χ0n) is 16.8. The number of carbonyl (C=O) groups excluding carboxylic acids is 1. The van der Waals surface area contributed by atoms with Gasteiger partial charge in [-0.05, 0) is 50.2 Å². The number of aromatic nitrogens is 1. The van der Waals surface area contributed by atoms with E-state index in [4.69, 9.17) is 14.5 Å². The van der Waals surface area contributed by atoms with E-state index in [2.05, 4.69) is 5.32 Å². The van der Waals surface area contributed by atoms with Crippen molar-refractivity contribution in [1.82, 2.24) is 4.98 Å². The molecule has 30 heavy (non-hydrogen) atoms. The van der Waals surface area contributed by atoms with Gasteiger partial charge in [-0.1, -0.05) is 24.3 Å². The van der Waals surface area contributed by atoms with Crippen LogP contribution in [0.4, 0.5) is 5.69 Å². The van der Waals surface area contributed by atoms with Crippen LogP contribution in [0.5, 0.6) is 11.5 Å². The largest absolute Gasteiger partial charge is 0.494 e. The van der Waals surface area contributed by atoms with Crippen molar-refractivity contribution >= 4 is 33.1 Å². The average Bonchev–Trinajstić information content (AvgIpc) is 3.18. The third-order valence-electron chi connectivity index (χ3n) is 4.46. The molecule has 152 valence electrons. The smallest absolute Gasteiger partial charge is 0.255 e. The Labute approximate surface area is 179 Å². The Kier molecular flexibility index (Phi) is 5.95. The van der Waals surface area contributed by atoms with Gasteiger partial charge in [-0.3, -0.25) is 4.79 Å². The fraction of sp³-hybridized carbons (Fsp3) is 0.167. The number of hydrogen-bond donors (Lipinski definition) is 1. The van der Waals surface area contributed by atoms with Gasteiger partial charge in [0.15, 0.2) is 0 Å². The molecule has 1 heterocycles. The fourth-order valence-corrected chi connectivity index (χ4v) is 4.17. The Balaban J connectivity index is 1.66. The number of nitrogens with zero attached hydrogens (tertiary/aromatic N) is 1. The minimum absolute atomic E-state index is 0.230. The van der Waals surface area contributed by atoms with Crippen molar-refractivity contribution < 1.29 is 14.3 Å². The van der Waals surface area contributed by atoms with Gasteiger partial charge >= 0.3 is 0 Å². The van der Waals surface area contributed by atoms with Crippen LogP contribution in [0.2, 0.25) is 0 Å². The first-order chi connectivity index (χ1) is 14.7. The van der Waals surface area contributed by atoms with Crippen LogP contribution in [0.1, 0.15) is 24.2 Å². The van der Waals surface area contributed by atoms with Crippen molar-refractivity contribution in [2.75, 3.05) is 18.5 Å². The van der Waals surface area contributed by atoms with Gasteiger partial charge in [0.2, 0.25) is 0 Å². The van der Waals surface area contributed by atoms with Gasteiger partial charge in [0, 0.05) is 17.2 Å². The van der Waals surface area contributed by atoms with Gasteiger partial charge in [0.1, 0.15) is 16.5 Å². The van der Waals surface area contributed by atoms with Gasteiger partial charge in [0.05, 0.1) is 29.1 Å². The number of amides is 1. The molecule has 5 nitrogen and oxygen atoms in total. The Bertz CT molecular complexity index is 1130. The molecule has 0 atom stereocenters. The normalized spacial score (nSPS) is 10.7. The molecule has 1 amide bonds. The Morgan fingerprint density at radius 2 is 1.60 bits per heavy atom. The first-order valence-corrected chi connectivity index (χ1v) is 10.7. The molecule has 0 radical (unpaired) electrons. The summed E-state index contributed by atoms with van der Waals surface area (Å²) in [6, 6.07) is 20.9. The highest BCUT2D eigenvalue weighted by molar-refractivity contribution is 7.21. The van der Waals surface area contributed by atoms with Crippen molar-refractivity contribution in [2.45, 2.75) is 13.8 Å². The molecular weight excluding hydrogens is 396 g/mol. The lowest BCUT2D eigenvalue weighted by Gasteiger charge is -2.12. The van der Waals surface area contributed by atoms with Crippen LogP contribution >= 0.6 is 11.3 Å². The van der Waals surface area contributed by atoms with Gasteiger partial charge in [0.25, 0.3) is 5.91 Å². The molecule has 0 spiro atoms. The molecule has 6 heteroatoms. The standard InChI is InChI=1S/C24H22N2O3S/c1-3-28-17-13-16(14-18(15-17)29-4-2)23(27)25-20-10-6-5-9-19(20)24-26-21-11-7-8-12-22(21)30-24/h5-15H,3-4H2,1-2H3,(H,25,27). The maximum absolute atomic E-state index is 13.0. The van der Waals surface area contributed by atoms with E-state index in [1.165, 1.54) is 0 Å². The summed E-state index contributed by atoms with van der Waals surface area (Å²) in [5.41, 5.74) is 3.02. The molecule has 4 aromatic rings. The van der Waals surface area contributed by atoms with Gasteiger partial charge < -0.3 is 14.8 Å². The lowest BCUT2D eigenvalue weighted by Crippen LogP contribution is -2.13. The molecule has 0 saturated carbocycles. The summed E-state index contributed by atoms with van der Waals surface area (Å²) in [5.74, 6) is 0.979. The van der Waals surface area contributed by atoms with E-state index < -0.39 is 0 Å². The lowest BCUT2D eigenvalue weighted by atomic mass is 10.1. The molecule has 0 aliphatic heterocycles. The molecule has 4 rings (SSSR count). The molecule has 1 N–H and O–H groups in total. The quantitative estimate of drug-likeness (QED) is 0.399. The predicted octanol–water partition coefficient (Wildman–Crippen LogP) is 6.01. The molecule has 0 unspecified atom stereocenters. The second kappa shape index (κ2) is 8.97. The third-order valence-corrected chi connectivity index (χ3v) is 5.53. The number of para-hydroxylation sites is 2. The second-order valence-electron chi connectivity index (χ2n) is 6.55. The maximum Gasteiger partial charge on any atom is 0.255 e. The second-order valence-corrected chi connectivity index (χ2v) is 7.58. The summed E-state index contributed by atoms with van der Waals surface area (Å²) in [6.07, 6.45) is 0. The van der Waals surface area contributed by atoms with Gasteiger partial charge in [-0.2, -0.15) is 0 Å². The summed E-state index contributed by atoms with van der Waals surface area (Å²) >= 11 is 1.60. The lowest BCUT2D eigenvalue weighted by molar-refractivity contribution is 0.102. The SMILES string of the molecule is CCOc1cc(OCC)cc(C(=O)Nc2ccccc2-c2nc3ccccc3s2)c1. The zero-order chi connectivity index (χ0) is 20.9. The zero-order valence-corrected chi connectivity index (χ0v) is 17.7. The Morgan fingerprint density at radius 1 is 0.933 bits per heavy atom. The van der Waals surface area contributed by atoms with E-state index in [1.807, 2.05) is 62.4 Å². The highest BCUT2D eigenvalue weighted by Crippen LogP contribution is 2.34. The number of carbonyl (C=O) groups is 1. The number of anilines is 1. The fourth-order valence-electron chi connectivity index (χ4n) is 3.16. The van der Waals surface area contributed by atoms with Crippen molar-refractivity contribution in [3.63, 3.8) is 0 Å². The highest BCUT2D eigenvalue weighted by atomic mass is 32.1. The molecule has 0 aliphatic carbocycles. The van der Waals surface area contributed by atoms with Crippen molar-refractivity contribution in [1.29, 1.82) is 0 Å². The third kappa shape index (κ3) is 4.28. The van der Waals surface area contributed by atoms with Crippen LogP contribution in [0, 0.1) is 0 Å². The first-order valence-electron chi connectivity index (χ1n) is 9.85. The summed E-state index contributed by atoms with van der Waals surface area (Å²) in [4.78, 5) is 17.8. The molecular formula is C24H22N2O3S. The van der Waals surface area contributed by atoms with E-state index in [1.54, 1.807) is 29.5 Å². The highest BCUT2D eigenvalue weighted by Gasteiger charge is 2.15. The van der Waals surface area contributed by atoms with Crippen LogP contribution in [-0.2, 0) is 0 Å². The van der Waals surface area contributed by atoms with Crippen LogP contribution in [0.3, 0.4) is 0 Å². The van der Waals surface area contributed by atoms with E-state index in [0.29, 0.717) is 36.0 Å². The van der Waals surface area contributed by atoms with Crippen LogP contribution in [0.15, 0.2) is 66.7 Å². The first kappa shape index (κ1) is 19.9. The molecule has 0 saturated heterocycles. The monoisotopic (exact) mass is 418 g/mol. The topological polar surface area (TPSA) is 60.5 Å². The minimum Gasteiger partial charge on any atom is -0.494 e. The molecule has 0 bridgehead atoms. The van der Waals surface area contributed by atoms with Gasteiger partial charge in [-0.15, -0.1) is 11.3 Å².